The van der Waals surface area contributed by atoms with Gasteiger partial charge in [0.15, 0.2) is 5.96 Å². The summed E-state index contributed by atoms with van der Waals surface area (Å²) < 4.78 is 19.3. The Morgan fingerprint density at radius 2 is 1.97 bits per heavy atom. The Hall–Kier alpha value is -1.31. The molecule has 2 aliphatic rings. The SMILES string of the molecule is CCNC(=NCc1ccc(F)cc1CSC)NCC1(N2CCCC2)CCOCC1. The molecule has 0 amide bonds. The lowest BCUT2D eigenvalue weighted by Gasteiger charge is -2.45. The first-order valence-electron chi connectivity index (χ1n) is 10.8. The molecule has 5 nitrogen and oxygen atoms in total. The van der Waals surface area contributed by atoms with Gasteiger partial charge in [-0.25, -0.2) is 9.38 Å². The molecule has 162 valence electrons. The second-order valence-corrected chi connectivity index (χ2v) is 8.79. The maximum absolute atomic E-state index is 13.6. The molecule has 3 rings (SSSR count). The van der Waals surface area contributed by atoms with Crippen LogP contribution in [0.5, 0.6) is 0 Å². The third-order valence-corrected chi connectivity index (χ3v) is 6.60. The number of hydrogen-bond acceptors (Lipinski definition) is 4. The van der Waals surface area contributed by atoms with Crippen molar-refractivity contribution in [3.8, 4) is 0 Å². The standard InChI is InChI=1S/C22H35FN4OS/c1-3-24-21(25-15-18-6-7-20(23)14-19(18)16-29-2)26-17-22(8-12-28-13-9-22)27-10-4-5-11-27/h6-7,14H,3-5,8-13,15-17H2,1-2H3,(H2,24,25,26). The molecule has 2 aliphatic heterocycles. The lowest BCUT2D eigenvalue weighted by molar-refractivity contribution is -0.0164. The quantitative estimate of drug-likeness (QED) is 0.497. The van der Waals surface area contributed by atoms with E-state index in [1.165, 1.54) is 32.0 Å². The van der Waals surface area contributed by atoms with Gasteiger partial charge in [-0.05, 0) is 75.2 Å². The lowest BCUT2D eigenvalue weighted by Crippen LogP contribution is -2.58. The van der Waals surface area contributed by atoms with E-state index in [4.69, 9.17) is 9.73 Å². The molecular formula is C22H35FN4OS. The number of aliphatic imine (C=N–C) groups is 1. The molecule has 1 aromatic rings. The zero-order chi connectivity index (χ0) is 20.5. The van der Waals surface area contributed by atoms with E-state index in [0.29, 0.717) is 6.54 Å². The zero-order valence-electron chi connectivity index (χ0n) is 17.8. The van der Waals surface area contributed by atoms with Crippen molar-refractivity contribution in [1.82, 2.24) is 15.5 Å². The molecule has 0 aliphatic carbocycles. The molecule has 7 heteroatoms. The van der Waals surface area contributed by atoms with Crippen LogP contribution in [0, 0.1) is 5.82 Å². The molecular weight excluding hydrogens is 387 g/mol. The number of halogens is 1. The first-order chi connectivity index (χ1) is 14.2. The van der Waals surface area contributed by atoms with Crippen molar-refractivity contribution < 1.29 is 9.13 Å². The largest absolute Gasteiger partial charge is 0.381 e. The number of rotatable bonds is 8. The minimum Gasteiger partial charge on any atom is -0.381 e. The zero-order valence-corrected chi connectivity index (χ0v) is 18.6. The summed E-state index contributed by atoms with van der Waals surface area (Å²) in [5.74, 6) is 1.45. The normalized spacial score (nSPS) is 20.0. The Labute approximate surface area is 178 Å². The fourth-order valence-corrected chi connectivity index (χ4v) is 4.92. The van der Waals surface area contributed by atoms with Crippen molar-refractivity contribution in [3.05, 3.63) is 35.1 Å². The summed E-state index contributed by atoms with van der Waals surface area (Å²) in [5.41, 5.74) is 2.26. The number of thioether (sulfide) groups is 1. The molecule has 0 atom stereocenters. The molecule has 0 bridgehead atoms. The molecule has 2 saturated heterocycles. The van der Waals surface area contributed by atoms with Crippen molar-refractivity contribution in [2.75, 3.05) is 45.6 Å². The van der Waals surface area contributed by atoms with Gasteiger partial charge < -0.3 is 15.4 Å². The summed E-state index contributed by atoms with van der Waals surface area (Å²) in [6, 6.07) is 5.02. The molecule has 0 aromatic heterocycles. The molecule has 2 fully saturated rings. The fraction of sp³-hybridized carbons (Fsp3) is 0.682. The number of ether oxygens (including phenoxy) is 1. The van der Waals surface area contributed by atoms with Crippen LogP contribution in [0.3, 0.4) is 0 Å². The van der Waals surface area contributed by atoms with Crippen LogP contribution in [0.15, 0.2) is 23.2 Å². The maximum atomic E-state index is 13.6. The lowest BCUT2D eigenvalue weighted by atomic mass is 9.88. The van der Waals surface area contributed by atoms with Crippen LogP contribution in [0.2, 0.25) is 0 Å². The van der Waals surface area contributed by atoms with E-state index in [1.807, 2.05) is 12.3 Å². The van der Waals surface area contributed by atoms with E-state index in [9.17, 15) is 4.39 Å². The van der Waals surface area contributed by atoms with Gasteiger partial charge in [0.25, 0.3) is 0 Å². The molecule has 2 heterocycles. The molecule has 1 aromatic carbocycles. The second kappa shape index (κ2) is 11.2. The van der Waals surface area contributed by atoms with E-state index in [1.54, 1.807) is 17.8 Å². The van der Waals surface area contributed by atoms with Crippen LogP contribution in [-0.4, -0.2) is 62.0 Å². The maximum Gasteiger partial charge on any atom is 0.191 e. The molecule has 0 spiro atoms. The number of nitrogens with zero attached hydrogens (tertiary/aromatic N) is 2. The van der Waals surface area contributed by atoms with Crippen molar-refractivity contribution in [1.29, 1.82) is 0 Å². The Kier molecular flexibility index (Phi) is 8.63. The van der Waals surface area contributed by atoms with Gasteiger partial charge in [-0.1, -0.05) is 6.07 Å². The highest BCUT2D eigenvalue weighted by Crippen LogP contribution is 2.30. The van der Waals surface area contributed by atoms with Gasteiger partial charge >= 0.3 is 0 Å². The van der Waals surface area contributed by atoms with Gasteiger partial charge in [-0.3, -0.25) is 4.90 Å². The summed E-state index contributed by atoms with van der Waals surface area (Å²) in [6.07, 6.45) is 6.75. The summed E-state index contributed by atoms with van der Waals surface area (Å²) in [5, 5.41) is 6.98. The third-order valence-electron chi connectivity index (χ3n) is 6.01. The predicted octanol–water partition coefficient (Wildman–Crippen LogP) is 3.39. The summed E-state index contributed by atoms with van der Waals surface area (Å²) in [4.78, 5) is 7.47. The average molecular weight is 423 g/mol. The Bertz CT molecular complexity index is 673. The number of benzene rings is 1. The van der Waals surface area contributed by atoms with E-state index in [-0.39, 0.29) is 11.4 Å². The van der Waals surface area contributed by atoms with Crippen LogP contribution in [0.1, 0.15) is 43.7 Å². The number of nitrogens with one attached hydrogen (secondary N) is 2. The van der Waals surface area contributed by atoms with Gasteiger partial charge in [0, 0.05) is 37.6 Å². The van der Waals surface area contributed by atoms with Crippen molar-refractivity contribution in [2.24, 2.45) is 4.99 Å². The van der Waals surface area contributed by atoms with Crippen molar-refractivity contribution in [2.45, 2.75) is 50.4 Å². The van der Waals surface area contributed by atoms with E-state index < -0.39 is 0 Å². The van der Waals surface area contributed by atoms with Crippen LogP contribution >= 0.6 is 11.8 Å². The highest BCUT2D eigenvalue weighted by atomic mass is 32.2. The number of guanidine groups is 1. The van der Waals surface area contributed by atoms with Gasteiger partial charge in [0.05, 0.1) is 6.54 Å². The van der Waals surface area contributed by atoms with Crippen LogP contribution < -0.4 is 10.6 Å². The van der Waals surface area contributed by atoms with E-state index >= 15 is 0 Å². The average Bonchev–Trinajstić information content (AvgIpc) is 3.28. The fourth-order valence-electron chi connectivity index (χ4n) is 4.34. The summed E-state index contributed by atoms with van der Waals surface area (Å²) >= 11 is 1.70. The van der Waals surface area contributed by atoms with Gasteiger partial charge in [0.1, 0.15) is 5.82 Å². The minimum absolute atomic E-state index is 0.158. The van der Waals surface area contributed by atoms with Gasteiger partial charge in [-0.15, -0.1) is 0 Å². The summed E-state index contributed by atoms with van der Waals surface area (Å²) in [6.45, 7) is 8.35. The Morgan fingerprint density at radius 3 is 2.66 bits per heavy atom. The molecule has 0 unspecified atom stereocenters. The van der Waals surface area contributed by atoms with Crippen LogP contribution in [0.25, 0.3) is 0 Å². The first kappa shape index (κ1) is 22.4. The highest BCUT2D eigenvalue weighted by Gasteiger charge is 2.39. The minimum atomic E-state index is -0.182. The summed E-state index contributed by atoms with van der Waals surface area (Å²) in [7, 11) is 0. The molecule has 0 radical (unpaired) electrons. The Balaban J connectivity index is 1.69. The Morgan fingerprint density at radius 1 is 1.21 bits per heavy atom. The third kappa shape index (κ3) is 6.09. The van der Waals surface area contributed by atoms with Crippen molar-refractivity contribution in [3.63, 3.8) is 0 Å². The second-order valence-electron chi connectivity index (χ2n) is 7.93. The van der Waals surface area contributed by atoms with Crippen LogP contribution in [0.4, 0.5) is 4.39 Å². The predicted molar refractivity (Wildman–Crippen MR) is 120 cm³/mol. The van der Waals surface area contributed by atoms with Gasteiger partial charge in [-0.2, -0.15) is 11.8 Å². The smallest absolute Gasteiger partial charge is 0.191 e. The number of hydrogen-bond donors (Lipinski definition) is 2. The molecule has 0 saturated carbocycles. The molecule has 2 N–H and O–H groups in total. The van der Waals surface area contributed by atoms with Gasteiger partial charge in [0.2, 0.25) is 0 Å². The van der Waals surface area contributed by atoms with E-state index in [2.05, 4.69) is 22.5 Å². The van der Waals surface area contributed by atoms with Crippen LogP contribution in [-0.2, 0) is 17.0 Å². The van der Waals surface area contributed by atoms with Crippen molar-refractivity contribution >= 4 is 17.7 Å². The van der Waals surface area contributed by atoms with E-state index in [0.717, 1.165) is 62.0 Å². The topological polar surface area (TPSA) is 48.9 Å². The first-order valence-corrected chi connectivity index (χ1v) is 12.2. The highest BCUT2D eigenvalue weighted by molar-refractivity contribution is 7.97. The number of likely N-dealkylation sites (tertiary alicyclic amines) is 1. The molecule has 29 heavy (non-hydrogen) atoms. The monoisotopic (exact) mass is 422 g/mol.